The van der Waals surface area contributed by atoms with Gasteiger partial charge in [0.05, 0.1) is 18.6 Å². The van der Waals surface area contributed by atoms with Gasteiger partial charge in [-0.15, -0.1) is 0 Å². The van der Waals surface area contributed by atoms with Crippen molar-refractivity contribution in [1.82, 2.24) is 24.4 Å². The molecule has 8 nitrogen and oxygen atoms in total. The highest BCUT2D eigenvalue weighted by Gasteiger charge is 2.23. The number of hydrogen-bond acceptors (Lipinski definition) is 7. The molecule has 0 saturated carbocycles. The zero-order valence-electron chi connectivity index (χ0n) is 15.9. The molecule has 0 radical (unpaired) electrons. The van der Waals surface area contributed by atoms with Crippen LogP contribution in [-0.2, 0) is 0 Å². The van der Waals surface area contributed by atoms with E-state index in [0.717, 1.165) is 18.8 Å². The highest BCUT2D eigenvalue weighted by atomic mass is 15.2. The SMILES string of the molecule is CN1CC[C@H](N(C)c2ccc(-n3cnc(Nc4cnc(C#N)cn4)c3)cc2)C1. The number of rotatable bonds is 5. The summed E-state index contributed by atoms with van der Waals surface area (Å²) in [6.45, 7) is 2.26. The molecule has 28 heavy (non-hydrogen) atoms. The Morgan fingerprint density at radius 2 is 1.96 bits per heavy atom. The van der Waals surface area contributed by atoms with E-state index >= 15 is 0 Å². The normalized spacial score (nSPS) is 16.7. The first-order valence-electron chi connectivity index (χ1n) is 9.17. The number of aromatic nitrogens is 4. The zero-order valence-corrected chi connectivity index (χ0v) is 15.9. The fourth-order valence-corrected chi connectivity index (χ4v) is 3.41. The van der Waals surface area contributed by atoms with Crippen LogP contribution in [0.4, 0.5) is 17.3 Å². The Morgan fingerprint density at radius 1 is 1.14 bits per heavy atom. The van der Waals surface area contributed by atoms with Gasteiger partial charge < -0.3 is 19.7 Å². The Labute approximate surface area is 164 Å². The predicted molar refractivity (Wildman–Crippen MR) is 108 cm³/mol. The number of hydrogen-bond donors (Lipinski definition) is 1. The lowest BCUT2D eigenvalue weighted by molar-refractivity contribution is 0.409. The molecule has 1 aliphatic heterocycles. The summed E-state index contributed by atoms with van der Waals surface area (Å²) in [7, 11) is 4.34. The number of nitrogens with zero attached hydrogens (tertiary/aromatic N) is 7. The fraction of sp³-hybridized carbons (Fsp3) is 0.300. The topological polar surface area (TPSA) is 85.9 Å². The average Bonchev–Trinajstić information content (AvgIpc) is 3.37. The Morgan fingerprint density at radius 3 is 2.61 bits per heavy atom. The van der Waals surface area contributed by atoms with Gasteiger partial charge in [0, 0.05) is 31.0 Å². The number of anilines is 3. The van der Waals surface area contributed by atoms with Crippen LogP contribution in [0.1, 0.15) is 12.1 Å². The quantitative estimate of drug-likeness (QED) is 0.734. The van der Waals surface area contributed by atoms with Gasteiger partial charge in [-0.2, -0.15) is 5.26 Å². The van der Waals surface area contributed by atoms with Crippen LogP contribution in [0.3, 0.4) is 0 Å². The summed E-state index contributed by atoms with van der Waals surface area (Å²) < 4.78 is 1.95. The molecule has 1 N–H and O–H groups in total. The van der Waals surface area contributed by atoms with Crippen molar-refractivity contribution in [3.8, 4) is 11.8 Å². The van der Waals surface area contributed by atoms with Crippen molar-refractivity contribution in [2.45, 2.75) is 12.5 Å². The molecular weight excluding hydrogens is 352 g/mol. The van der Waals surface area contributed by atoms with Crippen LogP contribution < -0.4 is 10.2 Å². The van der Waals surface area contributed by atoms with Gasteiger partial charge in [0.15, 0.2) is 5.69 Å². The average molecular weight is 374 g/mol. The lowest BCUT2D eigenvalue weighted by atomic mass is 10.2. The van der Waals surface area contributed by atoms with Crippen LogP contribution in [0.2, 0.25) is 0 Å². The first kappa shape index (κ1) is 17.9. The van der Waals surface area contributed by atoms with Crippen LogP contribution in [0.25, 0.3) is 5.69 Å². The summed E-state index contributed by atoms with van der Waals surface area (Å²) in [5, 5.41) is 11.9. The maximum absolute atomic E-state index is 8.78. The summed E-state index contributed by atoms with van der Waals surface area (Å²) >= 11 is 0. The Hall–Kier alpha value is -3.44. The molecule has 1 aromatic carbocycles. The molecule has 0 bridgehead atoms. The summed E-state index contributed by atoms with van der Waals surface area (Å²) in [5.41, 5.74) is 2.54. The largest absolute Gasteiger partial charge is 0.370 e. The number of imidazole rings is 1. The van der Waals surface area contributed by atoms with Gasteiger partial charge in [0.25, 0.3) is 0 Å². The predicted octanol–water partition coefficient (Wildman–Crippen LogP) is 2.42. The standard InChI is InChI=1S/C20H22N8/c1-26-8-7-18(12-26)27(2)16-3-5-17(6-4-16)28-13-20(24-14-28)25-19-11-22-15(9-21)10-23-19/h3-6,10-11,13-14,18H,7-8,12H2,1-2H3,(H,23,25)/t18-/m0/s1. The molecule has 1 aliphatic rings. The minimum absolute atomic E-state index is 0.283. The second-order valence-electron chi connectivity index (χ2n) is 7.02. The molecule has 3 heterocycles. The minimum Gasteiger partial charge on any atom is -0.370 e. The number of nitriles is 1. The first-order chi connectivity index (χ1) is 13.6. The van der Waals surface area contributed by atoms with Crippen molar-refractivity contribution in [3.05, 3.63) is 54.9 Å². The van der Waals surface area contributed by atoms with Crippen LogP contribution in [-0.4, -0.2) is 57.6 Å². The summed E-state index contributed by atoms with van der Waals surface area (Å²) in [6.07, 6.45) is 7.79. The number of likely N-dealkylation sites (tertiary alicyclic amines) is 1. The molecule has 1 atom stereocenters. The molecule has 1 fully saturated rings. The third kappa shape index (κ3) is 3.80. The van der Waals surface area contributed by atoms with Gasteiger partial charge in [-0.1, -0.05) is 0 Å². The molecule has 4 rings (SSSR count). The molecule has 142 valence electrons. The highest BCUT2D eigenvalue weighted by Crippen LogP contribution is 2.23. The van der Waals surface area contributed by atoms with E-state index < -0.39 is 0 Å². The molecule has 0 unspecified atom stereocenters. The summed E-state index contributed by atoms with van der Waals surface area (Å²) in [5.74, 6) is 1.21. The van der Waals surface area contributed by atoms with Gasteiger partial charge in [0.2, 0.25) is 0 Å². The van der Waals surface area contributed by atoms with E-state index in [4.69, 9.17) is 5.26 Å². The van der Waals surface area contributed by atoms with Crippen LogP contribution in [0, 0.1) is 11.3 Å². The number of nitrogens with one attached hydrogen (secondary N) is 1. The van der Waals surface area contributed by atoms with E-state index in [1.807, 2.05) is 16.8 Å². The van der Waals surface area contributed by atoms with Crippen LogP contribution >= 0.6 is 0 Å². The lowest BCUT2D eigenvalue weighted by Gasteiger charge is -2.26. The molecule has 8 heteroatoms. The smallest absolute Gasteiger partial charge is 0.158 e. The van der Waals surface area contributed by atoms with Crippen molar-refractivity contribution in [2.75, 3.05) is 37.4 Å². The highest BCUT2D eigenvalue weighted by molar-refractivity contribution is 5.54. The van der Waals surface area contributed by atoms with E-state index in [9.17, 15) is 0 Å². The molecule has 0 spiro atoms. The van der Waals surface area contributed by atoms with Crippen LogP contribution in [0.15, 0.2) is 49.2 Å². The number of benzene rings is 1. The van der Waals surface area contributed by atoms with Crippen molar-refractivity contribution >= 4 is 17.3 Å². The zero-order chi connectivity index (χ0) is 19.5. The molecule has 1 saturated heterocycles. The van der Waals surface area contributed by atoms with Crippen molar-refractivity contribution in [2.24, 2.45) is 0 Å². The van der Waals surface area contributed by atoms with Gasteiger partial charge >= 0.3 is 0 Å². The van der Waals surface area contributed by atoms with E-state index in [0.29, 0.717) is 17.7 Å². The first-order valence-corrected chi connectivity index (χ1v) is 9.17. The maximum Gasteiger partial charge on any atom is 0.158 e. The minimum atomic E-state index is 0.283. The fourth-order valence-electron chi connectivity index (χ4n) is 3.41. The lowest BCUT2D eigenvalue weighted by Crippen LogP contribution is -2.33. The Bertz CT molecular complexity index is 971. The maximum atomic E-state index is 8.78. The van der Waals surface area contributed by atoms with Gasteiger partial charge in [-0.3, -0.25) is 0 Å². The van der Waals surface area contributed by atoms with Gasteiger partial charge in [0.1, 0.15) is 24.0 Å². The summed E-state index contributed by atoms with van der Waals surface area (Å²) in [4.78, 5) is 17.2. The monoisotopic (exact) mass is 374 g/mol. The molecule has 2 aromatic heterocycles. The van der Waals surface area contributed by atoms with Crippen molar-refractivity contribution < 1.29 is 0 Å². The van der Waals surface area contributed by atoms with Crippen molar-refractivity contribution in [1.29, 1.82) is 5.26 Å². The number of likely N-dealkylation sites (N-methyl/N-ethyl adjacent to an activating group) is 2. The van der Waals surface area contributed by atoms with Crippen molar-refractivity contribution in [3.63, 3.8) is 0 Å². The Kier molecular flexibility index (Phi) is 4.91. The van der Waals surface area contributed by atoms with E-state index in [1.165, 1.54) is 24.5 Å². The third-order valence-electron chi connectivity index (χ3n) is 5.07. The van der Waals surface area contributed by atoms with Crippen LogP contribution in [0.5, 0.6) is 0 Å². The molecule has 0 aliphatic carbocycles. The second-order valence-corrected chi connectivity index (χ2v) is 7.02. The third-order valence-corrected chi connectivity index (χ3v) is 5.07. The van der Waals surface area contributed by atoms with Gasteiger partial charge in [-0.25, -0.2) is 15.0 Å². The Balaban J connectivity index is 1.44. The van der Waals surface area contributed by atoms with E-state index in [-0.39, 0.29) is 5.69 Å². The van der Waals surface area contributed by atoms with E-state index in [1.54, 1.807) is 6.33 Å². The molecule has 3 aromatic rings. The summed E-state index contributed by atoms with van der Waals surface area (Å²) in [6, 6.07) is 11.0. The van der Waals surface area contributed by atoms with Gasteiger partial charge in [-0.05, 0) is 44.3 Å². The molecule has 0 amide bonds. The van der Waals surface area contributed by atoms with E-state index in [2.05, 4.69) is 68.4 Å². The molecular formula is C20H22N8. The second kappa shape index (κ2) is 7.66.